The molecule has 0 radical (unpaired) electrons. The fourth-order valence-corrected chi connectivity index (χ4v) is 3.33. The van der Waals surface area contributed by atoms with Gasteiger partial charge in [-0.1, -0.05) is 0 Å². The van der Waals surface area contributed by atoms with Crippen LogP contribution in [0, 0.1) is 0 Å². The van der Waals surface area contributed by atoms with E-state index in [1.54, 1.807) is 11.3 Å². The summed E-state index contributed by atoms with van der Waals surface area (Å²) in [5, 5.41) is 6.86. The van der Waals surface area contributed by atoms with Crippen molar-refractivity contribution in [3.8, 4) is 0 Å². The van der Waals surface area contributed by atoms with Crippen LogP contribution in [0.25, 0.3) is 0 Å². The lowest BCUT2D eigenvalue weighted by Gasteiger charge is -2.42. The molecule has 0 atom stereocenters. The van der Waals surface area contributed by atoms with E-state index < -0.39 is 0 Å². The highest BCUT2D eigenvalue weighted by molar-refractivity contribution is 7.13. The molecule has 2 rings (SSSR count). The Morgan fingerprint density at radius 2 is 1.71 bits per heavy atom. The monoisotopic (exact) mass is 310 g/mol. The van der Waals surface area contributed by atoms with Gasteiger partial charge in [0.15, 0.2) is 5.13 Å². The number of hydrogen-bond donors (Lipinski definition) is 1. The number of rotatable bonds is 3. The predicted molar refractivity (Wildman–Crippen MR) is 92.2 cm³/mol. The van der Waals surface area contributed by atoms with Gasteiger partial charge in [-0.3, -0.25) is 4.90 Å². The Hall–Kier alpha value is -0.650. The van der Waals surface area contributed by atoms with Gasteiger partial charge >= 0.3 is 0 Å². The molecular weight excluding hydrogens is 280 g/mol. The van der Waals surface area contributed by atoms with E-state index in [0.717, 1.165) is 38.4 Å². The van der Waals surface area contributed by atoms with Crippen molar-refractivity contribution in [2.45, 2.75) is 59.2 Å². The van der Waals surface area contributed by atoms with Crippen molar-refractivity contribution in [3.05, 3.63) is 11.1 Å². The van der Waals surface area contributed by atoms with Gasteiger partial charge in [-0.25, -0.2) is 4.98 Å². The van der Waals surface area contributed by atoms with Crippen molar-refractivity contribution < 1.29 is 0 Å². The first-order valence-corrected chi connectivity index (χ1v) is 8.72. The quantitative estimate of drug-likeness (QED) is 0.930. The summed E-state index contributed by atoms with van der Waals surface area (Å²) in [6.45, 7) is 18.7. The van der Waals surface area contributed by atoms with E-state index in [-0.39, 0.29) is 11.1 Å². The molecule has 0 aromatic carbocycles. The zero-order valence-electron chi connectivity index (χ0n) is 14.4. The van der Waals surface area contributed by atoms with Crippen molar-refractivity contribution in [2.75, 3.05) is 31.1 Å². The average Bonchev–Trinajstić information content (AvgIpc) is 2.83. The van der Waals surface area contributed by atoms with Crippen molar-refractivity contribution in [1.29, 1.82) is 0 Å². The third-order valence-electron chi connectivity index (χ3n) is 3.84. The molecule has 0 amide bonds. The lowest BCUT2D eigenvalue weighted by atomic mass is 10.1. The van der Waals surface area contributed by atoms with Crippen LogP contribution in [0.3, 0.4) is 0 Å². The number of nitrogens with zero attached hydrogens (tertiary/aromatic N) is 3. The molecule has 1 aliphatic rings. The minimum atomic E-state index is 0.141. The van der Waals surface area contributed by atoms with Crippen LogP contribution < -0.4 is 10.2 Å². The van der Waals surface area contributed by atoms with Crippen LogP contribution in [0.5, 0.6) is 0 Å². The van der Waals surface area contributed by atoms with Gasteiger partial charge in [0.25, 0.3) is 0 Å². The normalized spacial score (nSPS) is 18.3. The molecule has 1 fully saturated rings. The molecule has 0 saturated carbocycles. The van der Waals surface area contributed by atoms with E-state index in [4.69, 9.17) is 4.98 Å². The maximum absolute atomic E-state index is 4.79. The van der Waals surface area contributed by atoms with Crippen LogP contribution in [0.15, 0.2) is 5.38 Å². The summed E-state index contributed by atoms with van der Waals surface area (Å²) in [6.07, 6.45) is 0. The molecule has 1 saturated heterocycles. The van der Waals surface area contributed by atoms with Crippen LogP contribution in [0.1, 0.15) is 47.2 Å². The van der Waals surface area contributed by atoms with Gasteiger partial charge < -0.3 is 10.2 Å². The Kier molecular flexibility index (Phi) is 4.96. The first-order valence-electron chi connectivity index (χ1n) is 7.84. The summed E-state index contributed by atoms with van der Waals surface area (Å²) in [4.78, 5) is 9.77. The van der Waals surface area contributed by atoms with Crippen molar-refractivity contribution in [1.82, 2.24) is 15.2 Å². The smallest absolute Gasteiger partial charge is 0.185 e. The van der Waals surface area contributed by atoms with E-state index in [9.17, 15) is 0 Å². The maximum Gasteiger partial charge on any atom is 0.185 e. The third kappa shape index (κ3) is 4.94. The SMILES string of the molecule is CC(C)(C)NCc1csc(N2CCN(C(C)(C)C)CC2)n1. The number of nitrogens with one attached hydrogen (secondary N) is 1. The summed E-state index contributed by atoms with van der Waals surface area (Å²) in [6, 6.07) is 0. The fourth-order valence-electron chi connectivity index (χ4n) is 2.45. The minimum absolute atomic E-state index is 0.141. The van der Waals surface area contributed by atoms with Gasteiger partial charge in [-0.15, -0.1) is 11.3 Å². The molecule has 21 heavy (non-hydrogen) atoms. The van der Waals surface area contributed by atoms with Gasteiger partial charge in [0, 0.05) is 49.2 Å². The summed E-state index contributed by atoms with van der Waals surface area (Å²) in [7, 11) is 0. The molecule has 0 spiro atoms. The lowest BCUT2D eigenvalue weighted by molar-refractivity contribution is 0.128. The molecule has 0 bridgehead atoms. The summed E-state index contributed by atoms with van der Waals surface area (Å²) in [5.41, 5.74) is 1.57. The van der Waals surface area contributed by atoms with E-state index in [1.807, 2.05) is 0 Å². The minimum Gasteiger partial charge on any atom is -0.346 e. The van der Waals surface area contributed by atoms with Gasteiger partial charge in [-0.2, -0.15) is 0 Å². The van der Waals surface area contributed by atoms with Crippen LogP contribution in [0.2, 0.25) is 0 Å². The molecule has 1 N–H and O–H groups in total. The van der Waals surface area contributed by atoms with Gasteiger partial charge in [0.05, 0.1) is 5.69 Å². The Bertz CT molecular complexity index is 448. The molecule has 2 heterocycles. The Balaban J connectivity index is 1.88. The van der Waals surface area contributed by atoms with Gasteiger partial charge in [-0.05, 0) is 41.5 Å². The van der Waals surface area contributed by atoms with Crippen LogP contribution in [-0.2, 0) is 6.54 Å². The van der Waals surface area contributed by atoms with E-state index >= 15 is 0 Å². The van der Waals surface area contributed by atoms with Crippen molar-refractivity contribution in [3.63, 3.8) is 0 Å². The van der Waals surface area contributed by atoms with Gasteiger partial charge in [0.1, 0.15) is 0 Å². The number of anilines is 1. The third-order valence-corrected chi connectivity index (χ3v) is 4.79. The number of thiazole rings is 1. The Labute approximate surface area is 133 Å². The highest BCUT2D eigenvalue weighted by Gasteiger charge is 2.26. The Morgan fingerprint density at radius 1 is 1.10 bits per heavy atom. The molecule has 1 aliphatic heterocycles. The molecule has 1 aromatic heterocycles. The zero-order chi connectivity index (χ0) is 15.7. The van der Waals surface area contributed by atoms with E-state index in [1.165, 1.54) is 5.13 Å². The first-order chi connectivity index (χ1) is 9.65. The highest BCUT2D eigenvalue weighted by atomic mass is 32.1. The molecule has 4 nitrogen and oxygen atoms in total. The summed E-state index contributed by atoms with van der Waals surface area (Å²) in [5.74, 6) is 0. The largest absolute Gasteiger partial charge is 0.346 e. The lowest BCUT2D eigenvalue weighted by Crippen LogP contribution is -2.53. The standard InChI is InChI=1S/C16H30N4S/c1-15(2,3)17-11-13-12-21-14(18-13)19-7-9-20(10-8-19)16(4,5)6/h12,17H,7-11H2,1-6H3. The fraction of sp³-hybridized carbons (Fsp3) is 0.812. The molecule has 5 heteroatoms. The van der Waals surface area contributed by atoms with E-state index in [0.29, 0.717) is 0 Å². The summed E-state index contributed by atoms with van der Waals surface area (Å²) >= 11 is 1.77. The molecular formula is C16H30N4S. The van der Waals surface area contributed by atoms with E-state index in [2.05, 4.69) is 62.0 Å². The average molecular weight is 311 g/mol. The highest BCUT2D eigenvalue weighted by Crippen LogP contribution is 2.24. The topological polar surface area (TPSA) is 31.4 Å². The van der Waals surface area contributed by atoms with Gasteiger partial charge in [0.2, 0.25) is 0 Å². The van der Waals surface area contributed by atoms with Crippen LogP contribution in [-0.4, -0.2) is 47.1 Å². The molecule has 120 valence electrons. The number of aromatic nitrogens is 1. The molecule has 1 aromatic rings. The Morgan fingerprint density at radius 3 is 2.24 bits per heavy atom. The van der Waals surface area contributed by atoms with Crippen LogP contribution in [0.4, 0.5) is 5.13 Å². The van der Waals surface area contributed by atoms with Crippen molar-refractivity contribution >= 4 is 16.5 Å². The molecule has 0 aliphatic carbocycles. The first kappa shape index (κ1) is 16.7. The molecule has 0 unspecified atom stereocenters. The predicted octanol–water partition coefficient (Wildman–Crippen LogP) is 2.95. The second-order valence-corrected chi connectivity index (χ2v) is 8.71. The van der Waals surface area contributed by atoms with Crippen LogP contribution >= 0.6 is 11.3 Å². The maximum atomic E-state index is 4.79. The second-order valence-electron chi connectivity index (χ2n) is 7.87. The number of hydrogen-bond acceptors (Lipinski definition) is 5. The van der Waals surface area contributed by atoms with Crippen molar-refractivity contribution in [2.24, 2.45) is 0 Å². The summed E-state index contributed by atoms with van der Waals surface area (Å²) < 4.78 is 0. The number of piperazine rings is 1. The zero-order valence-corrected chi connectivity index (χ0v) is 15.2. The second kappa shape index (κ2) is 6.23.